The number of nitrogens with zero attached hydrogens (tertiary/aromatic N) is 1. The topological polar surface area (TPSA) is 66.5 Å². The van der Waals surface area contributed by atoms with Crippen molar-refractivity contribution >= 4 is 45.9 Å². The summed E-state index contributed by atoms with van der Waals surface area (Å²) in [5.74, 6) is -0.176. The predicted molar refractivity (Wildman–Crippen MR) is 138 cm³/mol. The Morgan fingerprint density at radius 1 is 0.853 bits per heavy atom. The van der Waals surface area contributed by atoms with Gasteiger partial charge in [-0.2, -0.15) is 0 Å². The number of hydrogen-bond donors (Lipinski definition) is 1. The number of anilines is 1. The number of nitrogens with one attached hydrogen (secondary N) is 1. The molecule has 34 heavy (non-hydrogen) atoms. The van der Waals surface area contributed by atoms with Crippen LogP contribution < -0.4 is 10.2 Å². The van der Waals surface area contributed by atoms with Crippen molar-refractivity contribution in [1.82, 2.24) is 5.32 Å². The number of para-hydroxylation sites is 1. The molecule has 2 aliphatic rings. The van der Waals surface area contributed by atoms with Crippen LogP contribution in [0.2, 0.25) is 0 Å². The van der Waals surface area contributed by atoms with E-state index in [-0.39, 0.29) is 17.5 Å². The number of ketones is 2. The highest BCUT2D eigenvalue weighted by Crippen LogP contribution is 2.51. The zero-order valence-electron chi connectivity index (χ0n) is 19.2. The third-order valence-electron chi connectivity index (χ3n) is 5.77. The number of fused-ring (bicyclic) bond motifs is 2. The molecule has 5 rings (SSSR count). The molecule has 0 radical (unpaired) electrons. The molecule has 0 unspecified atom stereocenters. The second-order valence-electron chi connectivity index (χ2n) is 8.30. The minimum absolute atomic E-state index is 0.152. The van der Waals surface area contributed by atoms with E-state index in [1.807, 2.05) is 72.8 Å². The van der Waals surface area contributed by atoms with Gasteiger partial charge in [0.25, 0.3) is 5.91 Å². The van der Waals surface area contributed by atoms with Crippen molar-refractivity contribution in [2.24, 2.45) is 0 Å². The monoisotopic (exact) mass is 468 g/mol. The first kappa shape index (κ1) is 23.3. The van der Waals surface area contributed by atoms with Crippen LogP contribution in [-0.4, -0.2) is 29.5 Å². The predicted octanol–water partition coefficient (Wildman–Crippen LogP) is 4.72. The molecule has 0 aliphatic carbocycles. The van der Waals surface area contributed by atoms with Crippen molar-refractivity contribution in [1.29, 1.82) is 0 Å². The second-order valence-corrected chi connectivity index (χ2v) is 8.71. The van der Waals surface area contributed by atoms with E-state index in [0.29, 0.717) is 21.7 Å². The van der Waals surface area contributed by atoms with Crippen LogP contribution in [0.4, 0.5) is 5.69 Å². The zero-order chi connectivity index (χ0) is 24.5. The SMILES string of the molecule is CC(C)=O.CN1C(=O)[C@]2(NC(=S)C(C(=O)c3ccccc3)=C2c2ccccc2)c2ccccc21. The average molecular weight is 469 g/mol. The number of carbonyl (C=O) groups is 3. The van der Waals surface area contributed by atoms with Crippen molar-refractivity contribution in [3.63, 3.8) is 0 Å². The molecule has 0 bridgehead atoms. The first-order valence-electron chi connectivity index (χ1n) is 10.9. The Bertz CT molecular complexity index is 1330. The van der Waals surface area contributed by atoms with Gasteiger partial charge >= 0.3 is 0 Å². The summed E-state index contributed by atoms with van der Waals surface area (Å²) < 4.78 is 0. The highest BCUT2D eigenvalue weighted by Gasteiger charge is 2.58. The Morgan fingerprint density at radius 2 is 1.38 bits per heavy atom. The fourth-order valence-corrected chi connectivity index (χ4v) is 4.78. The number of benzene rings is 3. The Labute approximate surface area is 204 Å². The third-order valence-corrected chi connectivity index (χ3v) is 6.08. The van der Waals surface area contributed by atoms with Gasteiger partial charge in [-0.05, 0) is 25.5 Å². The number of rotatable bonds is 3. The van der Waals surface area contributed by atoms with E-state index in [0.717, 1.165) is 16.8 Å². The summed E-state index contributed by atoms with van der Waals surface area (Å²) in [5, 5.41) is 3.26. The molecule has 1 amide bonds. The lowest BCUT2D eigenvalue weighted by molar-refractivity contribution is -0.121. The number of likely N-dealkylation sites (N-methyl/N-ethyl adjacent to an activating group) is 1. The molecule has 3 aromatic carbocycles. The molecular formula is C28H24N2O3S. The fourth-order valence-electron chi connectivity index (χ4n) is 4.43. The van der Waals surface area contributed by atoms with Crippen LogP contribution in [0.3, 0.4) is 0 Å². The first-order chi connectivity index (χ1) is 16.3. The van der Waals surface area contributed by atoms with Crippen LogP contribution in [0.25, 0.3) is 5.57 Å². The first-order valence-corrected chi connectivity index (χ1v) is 11.3. The van der Waals surface area contributed by atoms with Gasteiger partial charge in [-0.25, -0.2) is 0 Å². The molecule has 1 spiro atoms. The number of hydrogen-bond acceptors (Lipinski definition) is 4. The van der Waals surface area contributed by atoms with Crippen LogP contribution in [0, 0.1) is 0 Å². The Balaban J connectivity index is 0.000000636. The Kier molecular flexibility index (Phi) is 6.26. The van der Waals surface area contributed by atoms with Crippen LogP contribution in [-0.2, 0) is 15.1 Å². The highest BCUT2D eigenvalue weighted by molar-refractivity contribution is 7.81. The van der Waals surface area contributed by atoms with Gasteiger partial charge in [-0.15, -0.1) is 0 Å². The van der Waals surface area contributed by atoms with E-state index in [4.69, 9.17) is 12.2 Å². The van der Waals surface area contributed by atoms with E-state index >= 15 is 0 Å². The van der Waals surface area contributed by atoms with Crippen molar-refractivity contribution < 1.29 is 14.4 Å². The third kappa shape index (κ3) is 3.76. The number of carbonyl (C=O) groups excluding carboxylic acids is 3. The summed E-state index contributed by atoms with van der Waals surface area (Å²) >= 11 is 5.66. The molecule has 2 heterocycles. The fraction of sp³-hybridized carbons (Fsp3) is 0.143. The number of amides is 1. The van der Waals surface area contributed by atoms with Gasteiger partial charge < -0.3 is 15.0 Å². The van der Waals surface area contributed by atoms with Gasteiger partial charge in [-0.1, -0.05) is 91.1 Å². The maximum Gasteiger partial charge on any atom is 0.261 e. The summed E-state index contributed by atoms with van der Waals surface area (Å²) in [4.78, 5) is 38.6. The molecule has 3 aromatic rings. The lowest BCUT2D eigenvalue weighted by Crippen LogP contribution is -2.48. The van der Waals surface area contributed by atoms with Crippen LogP contribution >= 0.6 is 12.2 Å². The van der Waals surface area contributed by atoms with Crippen LogP contribution in [0.5, 0.6) is 0 Å². The molecular weight excluding hydrogens is 444 g/mol. The maximum atomic E-state index is 13.7. The molecule has 2 aliphatic heterocycles. The Morgan fingerprint density at radius 3 is 2.00 bits per heavy atom. The minimum Gasteiger partial charge on any atom is -0.354 e. The largest absolute Gasteiger partial charge is 0.354 e. The number of Topliss-reactive ketones (excluding diaryl/α,β-unsaturated/α-hetero) is 2. The summed E-state index contributed by atoms with van der Waals surface area (Å²) in [6.45, 7) is 3.06. The van der Waals surface area contributed by atoms with E-state index in [1.54, 1.807) is 24.1 Å². The molecule has 5 nitrogen and oxygen atoms in total. The van der Waals surface area contributed by atoms with Gasteiger partial charge in [0, 0.05) is 29.4 Å². The minimum atomic E-state index is -1.22. The second kappa shape index (κ2) is 9.15. The maximum absolute atomic E-state index is 13.7. The lowest BCUT2D eigenvalue weighted by Gasteiger charge is -2.27. The number of thiocarbonyl (C=S) groups is 1. The van der Waals surface area contributed by atoms with Gasteiger partial charge in [0.05, 0.1) is 5.57 Å². The van der Waals surface area contributed by atoms with E-state index in [2.05, 4.69) is 5.32 Å². The summed E-state index contributed by atoms with van der Waals surface area (Å²) in [6, 6.07) is 26.2. The van der Waals surface area contributed by atoms with Gasteiger partial charge in [0.2, 0.25) is 0 Å². The Hall–Kier alpha value is -3.90. The molecule has 0 saturated heterocycles. The summed E-state index contributed by atoms with van der Waals surface area (Å²) in [7, 11) is 1.75. The van der Waals surface area contributed by atoms with E-state index < -0.39 is 5.54 Å². The molecule has 1 N–H and O–H groups in total. The molecule has 6 heteroatoms. The molecule has 0 aromatic heterocycles. The summed E-state index contributed by atoms with van der Waals surface area (Å²) in [6.07, 6.45) is 0. The highest BCUT2D eigenvalue weighted by atomic mass is 32.1. The normalized spacial score (nSPS) is 18.4. The van der Waals surface area contributed by atoms with Crippen molar-refractivity contribution in [3.8, 4) is 0 Å². The van der Waals surface area contributed by atoms with Gasteiger partial charge in [0.1, 0.15) is 10.8 Å². The van der Waals surface area contributed by atoms with Crippen molar-refractivity contribution in [2.45, 2.75) is 19.4 Å². The zero-order valence-corrected chi connectivity index (χ0v) is 20.0. The van der Waals surface area contributed by atoms with Gasteiger partial charge in [0.15, 0.2) is 11.3 Å². The van der Waals surface area contributed by atoms with Crippen molar-refractivity contribution in [2.75, 3.05) is 11.9 Å². The smallest absolute Gasteiger partial charge is 0.261 e. The van der Waals surface area contributed by atoms with Crippen molar-refractivity contribution in [3.05, 3.63) is 107 Å². The lowest BCUT2D eigenvalue weighted by atomic mass is 9.79. The van der Waals surface area contributed by atoms with Crippen LogP contribution in [0.1, 0.15) is 35.3 Å². The standard InChI is InChI=1S/C25H18N2O2S.C3H6O/c1-27-19-15-9-8-14-18(19)25(24(27)29)21(16-10-4-2-5-11-16)20(23(30)26-25)22(28)17-12-6-3-7-13-17;1-3(2)4/h2-15H,1H3,(H,26,30);1-2H3/t25-;/m0./s1. The molecule has 1 atom stereocenters. The molecule has 0 saturated carbocycles. The molecule has 0 fully saturated rings. The summed E-state index contributed by atoms with van der Waals surface area (Å²) in [5.41, 5.74) is 2.71. The van der Waals surface area contributed by atoms with Crippen LogP contribution in [0.15, 0.2) is 90.5 Å². The van der Waals surface area contributed by atoms with Gasteiger partial charge in [-0.3, -0.25) is 9.59 Å². The quantitative estimate of drug-likeness (QED) is 0.445. The average Bonchev–Trinajstić information content (AvgIpc) is 3.26. The molecule has 170 valence electrons. The van der Waals surface area contributed by atoms with E-state index in [1.165, 1.54) is 13.8 Å². The van der Waals surface area contributed by atoms with E-state index in [9.17, 15) is 14.4 Å².